The Morgan fingerprint density at radius 1 is 1.00 bits per heavy atom. The average Bonchev–Trinajstić information content (AvgIpc) is 2.79. The van der Waals surface area contributed by atoms with Crippen LogP contribution in [0.1, 0.15) is 71.1 Å². The summed E-state index contributed by atoms with van der Waals surface area (Å²) in [7, 11) is 0. The zero-order chi connectivity index (χ0) is 24.3. The van der Waals surface area contributed by atoms with Crippen LogP contribution in [-0.2, 0) is 10.2 Å². The SMILES string of the molecule is CC(C)N(CCC(C(N)=O)(c1ccc(OCCCCCCN)cc1)c1ccccn1)C(C)C. The number of amides is 1. The summed E-state index contributed by atoms with van der Waals surface area (Å²) in [5, 5.41) is 0. The van der Waals surface area contributed by atoms with Crippen molar-refractivity contribution < 1.29 is 9.53 Å². The second-order valence-electron chi connectivity index (χ2n) is 9.24. The summed E-state index contributed by atoms with van der Waals surface area (Å²) in [6.45, 7) is 10.8. The summed E-state index contributed by atoms with van der Waals surface area (Å²) >= 11 is 0. The molecule has 1 amide bonds. The van der Waals surface area contributed by atoms with E-state index in [9.17, 15) is 4.79 Å². The van der Waals surface area contributed by atoms with Crippen molar-refractivity contribution in [2.75, 3.05) is 19.7 Å². The van der Waals surface area contributed by atoms with E-state index in [1.165, 1.54) is 0 Å². The number of aromatic nitrogens is 1. The molecule has 33 heavy (non-hydrogen) atoms. The Labute approximate surface area is 199 Å². The Bertz CT molecular complexity index is 816. The van der Waals surface area contributed by atoms with Crippen molar-refractivity contribution in [3.05, 3.63) is 59.9 Å². The van der Waals surface area contributed by atoms with Crippen LogP contribution in [0, 0.1) is 0 Å². The molecule has 0 aliphatic rings. The Balaban J connectivity index is 2.27. The Morgan fingerprint density at radius 3 is 2.21 bits per heavy atom. The van der Waals surface area contributed by atoms with Gasteiger partial charge in [0.2, 0.25) is 5.91 Å². The third-order valence-corrected chi connectivity index (χ3v) is 6.31. The van der Waals surface area contributed by atoms with Crippen molar-refractivity contribution in [2.45, 2.75) is 77.3 Å². The van der Waals surface area contributed by atoms with E-state index in [0.29, 0.717) is 30.8 Å². The molecule has 0 aliphatic heterocycles. The highest BCUT2D eigenvalue weighted by Crippen LogP contribution is 2.36. The summed E-state index contributed by atoms with van der Waals surface area (Å²) in [6.07, 6.45) is 6.58. The first kappa shape index (κ1) is 26.8. The lowest BCUT2D eigenvalue weighted by Gasteiger charge is -2.36. The average molecular weight is 455 g/mol. The van der Waals surface area contributed by atoms with Gasteiger partial charge in [0, 0.05) is 24.8 Å². The number of carbonyl (C=O) groups excluding carboxylic acids is 1. The quantitative estimate of drug-likeness (QED) is 0.392. The van der Waals surface area contributed by atoms with Crippen molar-refractivity contribution >= 4 is 5.91 Å². The van der Waals surface area contributed by atoms with E-state index >= 15 is 0 Å². The van der Waals surface area contributed by atoms with E-state index in [-0.39, 0.29) is 5.91 Å². The standard InChI is InChI=1S/C27H42N4O2/c1-21(2)31(22(3)4)19-16-27(26(29)32,25-11-7-9-18-30-25)23-12-14-24(15-13-23)33-20-10-6-5-8-17-28/h7,9,11-15,18,21-22H,5-6,8,10,16-17,19-20,28H2,1-4H3,(H2,29,32). The van der Waals surface area contributed by atoms with Gasteiger partial charge >= 0.3 is 0 Å². The lowest BCUT2D eigenvalue weighted by molar-refractivity contribution is -0.122. The number of hydrogen-bond donors (Lipinski definition) is 2. The minimum Gasteiger partial charge on any atom is -0.494 e. The summed E-state index contributed by atoms with van der Waals surface area (Å²) < 4.78 is 5.91. The molecular formula is C27H42N4O2. The van der Waals surface area contributed by atoms with Crippen LogP contribution in [0.5, 0.6) is 5.75 Å². The van der Waals surface area contributed by atoms with E-state index in [2.05, 4.69) is 37.6 Å². The molecule has 1 aromatic carbocycles. The number of carbonyl (C=O) groups is 1. The third-order valence-electron chi connectivity index (χ3n) is 6.31. The molecule has 6 nitrogen and oxygen atoms in total. The minimum atomic E-state index is -1.01. The molecular weight excluding hydrogens is 412 g/mol. The Kier molecular flexibility index (Phi) is 10.8. The van der Waals surface area contributed by atoms with Crippen molar-refractivity contribution in [1.82, 2.24) is 9.88 Å². The predicted molar refractivity (Wildman–Crippen MR) is 135 cm³/mol. The summed E-state index contributed by atoms with van der Waals surface area (Å²) in [6, 6.07) is 14.2. The van der Waals surface area contributed by atoms with E-state index in [1.54, 1.807) is 6.20 Å². The van der Waals surface area contributed by atoms with Crippen molar-refractivity contribution in [1.29, 1.82) is 0 Å². The topological polar surface area (TPSA) is 94.5 Å². The highest BCUT2D eigenvalue weighted by atomic mass is 16.5. The molecule has 1 aromatic heterocycles. The minimum absolute atomic E-state index is 0.361. The number of primary amides is 1. The van der Waals surface area contributed by atoms with Gasteiger partial charge in [-0.05, 0) is 83.3 Å². The second kappa shape index (κ2) is 13.3. The lowest BCUT2D eigenvalue weighted by Crippen LogP contribution is -2.47. The van der Waals surface area contributed by atoms with Gasteiger partial charge in [0.1, 0.15) is 11.2 Å². The number of nitrogens with two attached hydrogens (primary N) is 2. The number of rotatable bonds is 15. The largest absolute Gasteiger partial charge is 0.494 e. The van der Waals surface area contributed by atoms with Gasteiger partial charge in [0.25, 0.3) is 0 Å². The van der Waals surface area contributed by atoms with Gasteiger partial charge in [0.15, 0.2) is 0 Å². The van der Waals surface area contributed by atoms with Crippen LogP contribution >= 0.6 is 0 Å². The highest BCUT2D eigenvalue weighted by molar-refractivity contribution is 5.90. The van der Waals surface area contributed by atoms with Crippen molar-refractivity contribution in [2.24, 2.45) is 11.5 Å². The van der Waals surface area contributed by atoms with Crippen LogP contribution < -0.4 is 16.2 Å². The van der Waals surface area contributed by atoms with Crippen LogP contribution in [0.15, 0.2) is 48.7 Å². The summed E-state index contributed by atoms with van der Waals surface area (Å²) in [5.41, 5.74) is 12.2. The van der Waals surface area contributed by atoms with Crippen LogP contribution in [0.3, 0.4) is 0 Å². The molecule has 1 unspecified atom stereocenters. The number of nitrogens with zero attached hydrogens (tertiary/aromatic N) is 2. The molecule has 0 saturated heterocycles. The van der Waals surface area contributed by atoms with Crippen molar-refractivity contribution in [3.63, 3.8) is 0 Å². The fourth-order valence-electron chi connectivity index (χ4n) is 4.46. The van der Waals surface area contributed by atoms with Gasteiger partial charge in [-0.15, -0.1) is 0 Å². The predicted octanol–water partition coefficient (Wildman–Crippen LogP) is 4.26. The molecule has 2 rings (SSSR count). The summed E-state index contributed by atoms with van der Waals surface area (Å²) in [4.78, 5) is 20.0. The summed E-state index contributed by atoms with van der Waals surface area (Å²) in [5.74, 6) is 0.408. The van der Waals surface area contributed by atoms with E-state index in [0.717, 1.165) is 50.1 Å². The lowest BCUT2D eigenvalue weighted by atomic mass is 9.73. The van der Waals surface area contributed by atoms with Crippen LogP contribution in [0.25, 0.3) is 0 Å². The van der Waals surface area contributed by atoms with E-state index in [4.69, 9.17) is 16.2 Å². The molecule has 0 spiro atoms. The molecule has 1 atom stereocenters. The molecule has 0 fully saturated rings. The first-order chi connectivity index (χ1) is 15.8. The van der Waals surface area contributed by atoms with Gasteiger partial charge in [-0.25, -0.2) is 0 Å². The third kappa shape index (κ3) is 7.27. The Morgan fingerprint density at radius 2 is 1.67 bits per heavy atom. The van der Waals surface area contributed by atoms with Crippen LogP contribution in [0.4, 0.5) is 0 Å². The van der Waals surface area contributed by atoms with Gasteiger partial charge in [-0.1, -0.05) is 31.0 Å². The molecule has 0 radical (unpaired) electrons. The molecule has 1 heterocycles. The number of pyridine rings is 1. The fraction of sp³-hybridized carbons (Fsp3) is 0.556. The number of hydrogen-bond acceptors (Lipinski definition) is 5. The molecule has 4 N–H and O–H groups in total. The van der Waals surface area contributed by atoms with Crippen LogP contribution in [0.2, 0.25) is 0 Å². The molecule has 182 valence electrons. The Hall–Kier alpha value is -2.44. The van der Waals surface area contributed by atoms with Crippen LogP contribution in [-0.4, -0.2) is 47.6 Å². The molecule has 0 saturated carbocycles. The van der Waals surface area contributed by atoms with Gasteiger partial charge in [0.05, 0.1) is 12.3 Å². The molecule has 0 bridgehead atoms. The first-order valence-corrected chi connectivity index (χ1v) is 12.2. The van der Waals surface area contributed by atoms with E-state index < -0.39 is 5.41 Å². The smallest absolute Gasteiger partial charge is 0.234 e. The first-order valence-electron chi connectivity index (χ1n) is 12.2. The van der Waals surface area contributed by atoms with Gasteiger partial charge in [-0.3, -0.25) is 14.7 Å². The van der Waals surface area contributed by atoms with Gasteiger partial charge < -0.3 is 16.2 Å². The van der Waals surface area contributed by atoms with E-state index in [1.807, 2.05) is 42.5 Å². The van der Waals surface area contributed by atoms with Crippen molar-refractivity contribution in [3.8, 4) is 5.75 Å². The fourth-order valence-corrected chi connectivity index (χ4v) is 4.46. The monoisotopic (exact) mass is 454 g/mol. The maximum absolute atomic E-state index is 13.1. The zero-order valence-corrected chi connectivity index (χ0v) is 20.8. The second-order valence-corrected chi connectivity index (χ2v) is 9.24. The number of unbranched alkanes of at least 4 members (excludes halogenated alkanes) is 3. The van der Waals surface area contributed by atoms with Gasteiger partial charge in [-0.2, -0.15) is 0 Å². The maximum atomic E-state index is 13.1. The molecule has 2 aromatic rings. The highest BCUT2D eigenvalue weighted by Gasteiger charge is 2.42. The number of ether oxygens (including phenoxy) is 1. The normalized spacial score (nSPS) is 13.5. The molecule has 6 heteroatoms. The number of benzene rings is 1. The zero-order valence-electron chi connectivity index (χ0n) is 20.8. The maximum Gasteiger partial charge on any atom is 0.234 e. The molecule has 0 aliphatic carbocycles.